The molecule has 0 aromatic heterocycles. The number of ether oxygens (including phenoxy) is 1. The lowest BCUT2D eigenvalue weighted by molar-refractivity contribution is -0.116. The van der Waals surface area contributed by atoms with E-state index in [4.69, 9.17) is 4.74 Å². The topological polar surface area (TPSA) is 70.7 Å². The summed E-state index contributed by atoms with van der Waals surface area (Å²) in [5.74, 6) is 0.126. The summed E-state index contributed by atoms with van der Waals surface area (Å²) in [7, 11) is 0. The number of hydrogen-bond acceptors (Lipinski definition) is 4. The van der Waals surface area contributed by atoms with E-state index < -0.39 is 0 Å². The number of carbonyl (C=O) groups is 2. The van der Waals surface area contributed by atoms with Crippen LogP contribution >= 0.6 is 0 Å². The highest BCUT2D eigenvalue weighted by atomic mass is 16.5. The quantitative estimate of drug-likeness (QED) is 0.830. The Hall–Kier alpha value is -1.92. The second-order valence-electron chi connectivity index (χ2n) is 5.41. The number of anilines is 1. The third-order valence-electron chi connectivity index (χ3n) is 3.48. The maximum Gasteiger partial charge on any atom is 0.319 e. The minimum Gasteiger partial charge on any atom is -0.379 e. The minimum absolute atomic E-state index is 0.126. The van der Waals surface area contributed by atoms with Crippen molar-refractivity contribution in [2.75, 3.05) is 44.7 Å². The van der Waals surface area contributed by atoms with Gasteiger partial charge in [-0.3, -0.25) is 9.69 Å². The summed E-state index contributed by atoms with van der Waals surface area (Å²) in [5, 5.41) is 5.62. The van der Waals surface area contributed by atoms with Crippen molar-refractivity contribution in [3.05, 3.63) is 29.8 Å². The van der Waals surface area contributed by atoms with Crippen molar-refractivity contribution in [2.24, 2.45) is 0 Å². The summed E-state index contributed by atoms with van der Waals surface area (Å²) < 4.78 is 5.28. The minimum atomic E-state index is -0.215. The van der Waals surface area contributed by atoms with Crippen LogP contribution in [0.15, 0.2) is 24.3 Å². The van der Waals surface area contributed by atoms with E-state index in [1.807, 2.05) is 12.1 Å². The molecular formula is C16H23N3O3. The van der Waals surface area contributed by atoms with Crippen LogP contribution in [0.2, 0.25) is 0 Å². The van der Waals surface area contributed by atoms with E-state index in [0.29, 0.717) is 13.0 Å². The van der Waals surface area contributed by atoms with Crippen LogP contribution in [0, 0.1) is 0 Å². The summed E-state index contributed by atoms with van der Waals surface area (Å²) in [6, 6.07) is 7.10. The van der Waals surface area contributed by atoms with Crippen LogP contribution < -0.4 is 10.6 Å². The Morgan fingerprint density at radius 3 is 2.50 bits per heavy atom. The van der Waals surface area contributed by atoms with Crippen LogP contribution in [0.25, 0.3) is 0 Å². The highest BCUT2D eigenvalue weighted by Gasteiger charge is 2.10. The molecule has 1 heterocycles. The van der Waals surface area contributed by atoms with Crippen molar-refractivity contribution in [1.29, 1.82) is 0 Å². The zero-order chi connectivity index (χ0) is 15.8. The second-order valence-corrected chi connectivity index (χ2v) is 5.41. The van der Waals surface area contributed by atoms with E-state index >= 15 is 0 Å². The van der Waals surface area contributed by atoms with Gasteiger partial charge in [0.2, 0.25) is 0 Å². The fraction of sp³-hybridized carbons (Fsp3) is 0.500. The van der Waals surface area contributed by atoms with Gasteiger partial charge < -0.3 is 15.4 Å². The van der Waals surface area contributed by atoms with E-state index in [1.165, 1.54) is 0 Å². The molecule has 0 atom stereocenters. The summed E-state index contributed by atoms with van der Waals surface area (Å²) >= 11 is 0. The molecule has 22 heavy (non-hydrogen) atoms. The van der Waals surface area contributed by atoms with Crippen molar-refractivity contribution in [2.45, 2.75) is 13.3 Å². The Morgan fingerprint density at radius 2 is 1.86 bits per heavy atom. The zero-order valence-corrected chi connectivity index (χ0v) is 12.9. The summed E-state index contributed by atoms with van der Waals surface area (Å²) in [4.78, 5) is 25.1. The number of nitrogens with zero attached hydrogens (tertiary/aromatic N) is 1. The third kappa shape index (κ3) is 5.83. The van der Waals surface area contributed by atoms with Gasteiger partial charge >= 0.3 is 6.03 Å². The number of ketones is 1. The molecule has 1 aromatic carbocycles. The molecule has 1 aromatic rings. The van der Waals surface area contributed by atoms with Crippen LogP contribution in [0.5, 0.6) is 0 Å². The first kappa shape index (κ1) is 16.5. The third-order valence-corrected chi connectivity index (χ3v) is 3.48. The molecule has 0 unspecified atom stereocenters. The molecule has 2 N–H and O–H groups in total. The Morgan fingerprint density at radius 1 is 1.18 bits per heavy atom. The fourth-order valence-electron chi connectivity index (χ4n) is 2.32. The largest absolute Gasteiger partial charge is 0.379 e. The number of amides is 2. The zero-order valence-electron chi connectivity index (χ0n) is 12.9. The first-order valence-corrected chi connectivity index (χ1v) is 7.57. The highest BCUT2D eigenvalue weighted by molar-refractivity contribution is 5.89. The predicted octanol–water partition coefficient (Wildman–Crippen LogP) is 1.27. The molecule has 6 heteroatoms. The molecule has 1 aliphatic heterocycles. The number of benzene rings is 1. The van der Waals surface area contributed by atoms with Crippen LogP contribution in [-0.2, 0) is 16.0 Å². The number of rotatable bonds is 6. The maximum atomic E-state index is 11.8. The van der Waals surface area contributed by atoms with Crippen LogP contribution in [0.3, 0.4) is 0 Å². The molecule has 0 saturated carbocycles. The van der Waals surface area contributed by atoms with Gasteiger partial charge in [0.15, 0.2) is 0 Å². The molecule has 0 spiro atoms. The lowest BCUT2D eigenvalue weighted by Gasteiger charge is -2.26. The van der Waals surface area contributed by atoms with Gasteiger partial charge in [-0.1, -0.05) is 12.1 Å². The van der Waals surface area contributed by atoms with Crippen molar-refractivity contribution >= 4 is 17.5 Å². The number of hydrogen-bond donors (Lipinski definition) is 2. The van der Waals surface area contributed by atoms with Crippen molar-refractivity contribution in [3.63, 3.8) is 0 Å². The molecule has 1 saturated heterocycles. The Labute approximate surface area is 130 Å². The number of urea groups is 1. The number of carbonyl (C=O) groups excluding carboxylic acids is 2. The molecule has 120 valence electrons. The molecular weight excluding hydrogens is 282 g/mol. The van der Waals surface area contributed by atoms with Crippen LogP contribution in [0.1, 0.15) is 12.5 Å². The smallest absolute Gasteiger partial charge is 0.319 e. The lowest BCUT2D eigenvalue weighted by atomic mass is 10.1. The number of morpholine rings is 1. The Bertz CT molecular complexity index is 496. The first-order chi connectivity index (χ1) is 10.6. The van der Waals surface area contributed by atoms with E-state index in [9.17, 15) is 9.59 Å². The first-order valence-electron chi connectivity index (χ1n) is 7.57. The van der Waals surface area contributed by atoms with E-state index in [0.717, 1.165) is 44.1 Å². The lowest BCUT2D eigenvalue weighted by Crippen LogP contribution is -2.42. The average molecular weight is 305 g/mol. The molecule has 0 radical (unpaired) electrons. The molecule has 1 aliphatic rings. The van der Waals surface area contributed by atoms with Gasteiger partial charge in [-0.25, -0.2) is 4.79 Å². The number of nitrogens with one attached hydrogen (secondary N) is 2. The molecule has 2 rings (SSSR count). The SMILES string of the molecule is CC(=O)Cc1ccc(NC(=O)NCCN2CCOCC2)cc1. The monoisotopic (exact) mass is 305 g/mol. The van der Waals surface area contributed by atoms with Crippen molar-refractivity contribution in [1.82, 2.24) is 10.2 Å². The Balaban J connectivity index is 1.68. The maximum absolute atomic E-state index is 11.8. The van der Waals surface area contributed by atoms with Gasteiger partial charge in [0.05, 0.1) is 13.2 Å². The molecule has 6 nitrogen and oxygen atoms in total. The summed E-state index contributed by atoms with van der Waals surface area (Å²) in [5.41, 5.74) is 1.67. The van der Waals surface area contributed by atoms with Gasteiger partial charge in [-0.05, 0) is 24.6 Å². The summed E-state index contributed by atoms with van der Waals surface area (Å²) in [6.45, 7) is 6.36. The second kappa shape index (κ2) is 8.51. The molecule has 0 bridgehead atoms. The molecule has 2 amide bonds. The standard InChI is InChI=1S/C16H23N3O3/c1-13(20)12-14-2-4-15(5-3-14)18-16(21)17-6-7-19-8-10-22-11-9-19/h2-5H,6-12H2,1H3,(H2,17,18,21). The van der Waals surface area contributed by atoms with Crippen molar-refractivity contribution in [3.8, 4) is 0 Å². The normalized spacial score (nSPS) is 15.3. The van der Waals surface area contributed by atoms with E-state index in [1.54, 1.807) is 19.1 Å². The van der Waals surface area contributed by atoms with Gasteiger partial charge in [-0.15, -0.1) is 0 Å². The predicted molar refractivity (Wildman–Crippen MR) is 85.1 cm³/mol. The van der Waals surface area contributed by atoms with Crippen LogP contribution in [0.4, 0.5) is 10.5 Å². The van der Waals surface area contributed by atoms with Crippen molar-refractivity contribution < 1.29 is 14.3 Å². The van der Waals surface area contributed by atoms with Gasteiger partial charge in [0.1, 0.15) is 5.78 Å². The van der Waals surface area contributed by atoms with Crippen LogP contribution in [-0.4, -0.2) is 56.1 Å². The van der Waals surface area contributed by atoms with Gasteiger partial charge in [0.25, 0.3) is 0 Å². The van der Waals surface area contributed by atoms with Gasteiger partial charge in [0, 0.05) is 38.3 Å². The average Bonchev–Trinajstić information content (AvgIpc) is 2.50. The van der Waals surface area contributed by atoms with Gasteiger partial charge in [-0.2, -0.15) is 0 Å². The Kier molecular flexibility index (Phi) is 6.36. The molecule has 0 aliphatic carbocycles. The van der Waals surface area contributed by atoms with E-state index in [2.05, 4.69) is 15.5 Å². The highest BCUT2D eigenvalue weighted by Crippen LogP contribution is 2.10. The van der Waals surface area contributed by atoms with E-state index in [-0.39, 0.29) is 11.8 Å². The number of Topliss-reactive ketones (excluding diaryl/α,β-unsaturated/α-hetero) is 1. The fourth-order valence-corrected chi connectivity index (χ4v) is 2.32. The summed E-state index contributed by atoms with van der Waals surface area (Å²) in [6.07, 6.45) is 0.423. The molecule has 1 fully saturated rings.